The summed E-state index contributed by atoms with van der Waals surface area (Å²) in [6, 6.07) is 9.95. The van der Waals surface area contributed by atoms with E-state index in [-0.39, 0.29) is 11.7 Å². The van der Waals surface area contributed by atoms with Crippen molar-refractivity contribution in [1.82, 2.24) is 15.2 Å². The van der Waals surface area contributed by atoms with E-state index in [2.05, 4.69) is 15.3 Å². The second kappa shape index (κ2) is 6.16. The van der Waals surface area contributed by atoms with Gasteiger partial charge in [0.2, 0.25) is 5.89 Å². The van der Waals surface area contributed by atoms with Gasteiger partial charge in [-0.3, -0.25) is 4.79 Å². The zero-order valence-electron chi connectivity index (χ0n) is 12.5. The van der Waals surface area contributed by atoms with E-state index in [9.17, 15) is 4.79 Å². The summed E-state index contributed by atoms with van der Waals surface area (Å²) in [6.45, 7) is 0.626. The van der Waals surface area contributed by atoms with E-state index in [1.165, 1.54) is 16.8 Å². The topological polar surface area (TPSA) is 71.6 Å². The molecule has 1 saturated carbocycles. The molecule has 0 saturated heterocycles. The van der Waals surface area contributed by atoms with Gasteiger partial charge >= 0.3 is 0 Å². The highest BCUT2D eigenvalue weighted by Gasteiger charge is 2.29. The maximum Gasteiger partial charge on any atom is 0.277 e. The highest BCUT2D eigenvalue weighted by molar-refractivity contribution is 7.99. The van der Waals surface area contributed by atoms with E-state index in [4.69, 9.17) is 4.42 Å². The third-order valence-corrected chi connectivity index (χ3v) is 4.67. The first-order valence-electron chi connectivity index (χ1n) is 7.69. The fourth-order valence-corrected chi connectivity index (χ4v) is 3.08. The van der Waals surface area contributed by atoms with Crippen molar-refractivity contribution in [1.29, 1.82) is 0 Å². The third kappa shape index (κ3) is 3.29. The quantitative estimate of drug-likeness (QED) is 0.789. The van der Waals surface area contributed by atoms with Gasteiger partial charge in [0.15, 0.2) is 0 Å². The molecule has 0 atom stereocenters. The lowest BCUT2D eigenvalue weighted by molar-refractivity contribution is -0.127. The van der Waals surface area contributed by atoms with Crippen molar-refractivity contribution >= 4 is 23.4 Å². The largest absolute Gasteiger partial charge is 0.416 e. The smallest absolute Gasteiger partial charge is 0.277 e. The van der Waals surface area contributed by atoms with Crippen LogP contribution in [0.2, 0.25) is 0 Å². The summed E-state index contributed by atoms with van der Waals surface area (Å²) in [5.41, 5.74) is 2.03. The maximum atomic E-state index is 12.3. The summed E-state index contributed by atoms with van der Waals surface area (Å²) in [5.74, 6) is 1.36. The molecule has 2 aliphatic rings. The fourth-order valence-electron chi connectivity index (χ4n) is 2.44. The Morgan fingerprint density at radius 3 is 2.87 bits per heavy atom. The van der Waals surface area contributed by atoms with E-state index in [1.54, 1.807) is 0 Å². The van der Waals surface area contributed by atoms with Crippen molar-refractivity contribution < 1.29 is 9.21 Å². The molecule has 7 heteroatoms. The Hall–Kier alpha value is -2.15. The van der Waals surface area contributed by atoms with Crippen LogP contribution in [-0.2, 0) is 4.79 Å². The predicted molar refractivity (Wildman–Crippen MR) is 86.3 cm³/mol. The molecule has 4 rings (SSSR count). The lowest BCUT2D eigenvalue weighted by atomic mass is 10.1. The number of thioether (sulfide) groups is 1. The molecular formula is C16H16N4O2S. The Bertz CT molecular complexity index is 740. The molecule has 0 unspecified atom stereocenters. The second-order valence-electron chi connectivity index (χ2n) is 5.65. The van der Waals surface area contributed by atoms with Crippen LogP contribution in [0.3, 0.4) is 0 Å². The molecule has 118 valence electrons. The van der Waals surface area contributed by atoms with E-state index >= 15 is 0 Å². The monoisotopic (exact) mass is 328 g/mol. The first-order chi connectivity index (χ1) is 11.3. The maximum absolute atomic E-state index is 12.3. The number of amides is 1. The number of carbonyl (C=O) groups excluding carboxylic acids is 1. The SMILES string of the molecule is O=C(CSc1nnc(C2CC2)o1)N1CCC(c2ccccc2)=N1. The van der Waals surface area contributed by atoms with Crippen molar-refractivity contribution in [3.8, 4) is 0 Å². The number of hydrazone groups is 1. The minimum atomic E-state index is -0.0351. The number of hydrogen-bond acceptors (Lipinski definition) is 6. The molecule has 1 amide bonds. The minimum Gasteiger partial charge on any atom is -0.416 e. The van der Waals surface area contributed by atoms with Crippen LogP contribution in [0.15, 0.2) is 45.1 Å². The van der Waals surface area contributed by atoms with Crippen molar-refractivity contribution in [2.45, 2.75) is 30.4 Å². The summed E-state index contributed by atoms with van der Waals surface area (Å²) < 4.78 is 5.55. The number of benzene rings is 1. The number of nitrogens with zero attached hydrogens (tertiary/aromatic N) is 4. The Morgan fingerprint density at radius 1 is 1.26 bits per heavy atom. The number of hydrogen-bond donors (Lipinski definition) is 0. The fraction of sp³-hybridized carbons (Fsp3) is 0.375. The van der Waals surface area contributed by atoms with Gasteiger partial charge in [-0.2, -0.15) is 5.10 Å². The zero-order chi connectivity index (χ0) is 15.6. The van der Waals surface area contributed by atoms with Crippen LogP contribution in [-0.4, -0.2) is 39.1 Å². The molecule has 1 fully saturated rings. The first-order valence-corrected chi connectivity index (χ1v) is 8.67. The predicted octanol–water partition coefficient (Wildman–Crippen LogP) is 2.68. The van der Waals surface area contributed by atoms with Gasteiger partial charge in [-0.05, 0) is 18.4 Å². The number of carbonyl (C=O) groups is 1. The molecule has 2 aromatic rings. The van der Waals surface area contributed by atoms with Crippen LogP contribution < -0.4 is 0 Å². The minimum absolute atomic E-state index is 0.0351. The van der Waals surface area contributed by atoms with E-state index in [0.717, 1.165) is 30.5 Å². The summed E-state index contributed by atoms with van der Waals surface area (Å²) in [5, 5.41) is 14.4. The average Bonchev–Trinajstić information content (AvgIpc) is 3.14. The molecule has 1 aliphatic heterocycles. The van der Waals surface area contributed by atoms with Gasteiger partial charge in [0, 0.05) is 12.3 Å². The van der Waals surface area contributed by atoms with Gasteiger partial charge in [0.25, 0.3) is 11.1 Å². The van der Waals surface area contributed by atoms with Gasteiger partial charge < -0.3 is 4.42 Å². The lowest BCUT2D eigenvalue weighted by Crippen LogP contribution is -2.25. The molecule has 0 N–H and O–H groups in total. The molecule has 1 aromatic heterocycles. The van der Waals surface area contributed by atoms with Crippen molar-refractivity contribution in [3.05, 3.63) is 41.8 Å². The van der Waals surface area contributed by atoms with Crippen LogP contribution in [0.4, 0.5) is 0 Å². The average molecular weight is 328 g/mol. The Kier molecular flexibility index (Phi) is 3.87. The van der Waals surface area contributed by atoms with Gasteiger partial charge in [-0.15, -0.1) is 10.2 Å². The normalized spacial score (nSPS) is 17.4. The van der Waals surface area contributed by atoms with Gasteiger partial charge in [0.1, 0.15) is 0 Å². The number of aromatic nitrogens is 2. The summed E-state index contributed by atoms with van der Waals surface area (Å²) >= 11 is 1.28. The van der Waals surface area contributed by atoms with Crippen LogP contribution in [0.25, 0.3) is 0 Å². The van der Waals surface area contributed by atoms with Crippen LogP contribution >= 0.6 is 11.8 Å². The van der Waals surface area contributed by atoms with Gasteiger partial charge in [0.05, 0.1) is 18.0 Å². The highest BCUT2D eigenvalue weighted by atomic mass is 32.2. The molecule has 0 spiro atoms. The van der Waals surface area contributed by atoms with E-state index in [1.807, 2.05) is 30.3 Å². The zero-order valence-corrected chi connectivity index (χ0v) is 13.3. The molecule has 1 aliphatic carbocycles. The van der Waals surface area contributed by atoms with Crippen LogP contribution in [0.1, 0.15) is 36.6 Å². The second-order valence-corrected chi connectivity index (χ2v) is 6.58. The van der Waals surface area contributed by atoms with Crippen LogP contribution in [0.5, 0.6) is 0 Å². The first kappa shape index (κ1) is 14.4. The van der Waals surface area contributed by atoms with E-state index < -0.39 is 0 Å². The molecule has 2 heterocycles. The standard InChI is InChI=1S/C16H16N4O2S/c21-14(10-23-16-18-17-15(22-16)12-6-7-12)20-9-8-13(19-20)11-4-2-1-3-5-11/h1-5,12H,6-10H2. The van der Waals surface area contributed by atoms with Crippen LogP contribution in [0, 0.1) is 0 Å². The summed E-state index contributed by atoms with van der Waals surface area (Å²) in [6.07, 6.45) is 3.03. The van der Waals surface area contributed by atoms with Crippen molar-refractivity contribution in [2.24, 2.45) is 5.10 Å². The Balaban J connectivity index is 1.35. The molecule has 1 aromatic carbocycles. The molecule has 23 heavy (non-hydrogen) atoms. The third-order valence-electron chi connectivity index (χ3n) is 3.86. The number of rotatable bonds is 5. The van der Waals surface area contributed by atoms with Crippen molar-refractivity contribution in [3.63, 3.8) is 0 Å². The summed E-state index contributed by atoms with van der Waals surface area (Å²) in [4.78, 5) is 12.3. The lowest BCUT2D eigenvalue weighted by Gasteiger charge is -2.09. The summed E-state index contributed by atoms with van der Waals surface area (Å²) in [7, 11) is 0. The highest BCUT2D eigenvalue weighted by Crippen LogP contribution is 2.39. The molecule has 0 radical (unpaired) electrons. The Labute approximate surface area is 138 Å². The van der Waals surface area contributed by atoms with Gasteiger partial charge in [-0.1, -0.05) is 42.1 Å². The van der Waals surface area contributed by atoms with Crippen molar-refractivity contribution in [2.75, 3.05) is 12.3 Å². The van der Waals surface area contributed by atoms with E-state index in [0.29, 0.717) is 23.6 Å². The Morgan fingerprint density at radius 2 is 2.09 bits per heavy atom. The molecular weight excluding hydrogens is 312 g/mol. The van der Waals surface area contributed by atoms with Gasteiger partial charge in [-0.25, -0.2) is 5.01 Å². The molecule has 0 bridgehead atoms. The molecule has 6 nitrogen and oxygen atoms in total.